The van der Waals surface area contributed by atoms with Crippen LogP contribution in [0.2, 0.25) is 0 Å². The monoisotopic (exact) mass is 274 g/mol. The van der Waals surface area contributed by atoms with Gasteiger partial charge in [0.05, 0.1) is 0 Å². The van der Waals surface area contributed by atoms with E-state index in [-0.39, 0.29) is 30.4 Å². The van der Waals surface area contributed by atoms with Gasteiger partial charge >= 0.3 is 0 Å². The molecule has 1 aliphatic heterocycles. The summed E-state index contributed by atoms with van der Waals surface area (Å²) in [5.41, 5.74) is 0.607. The van der Waals surface area contributed by atoms with Crippen molar-refractivity contribution < 1.29 is 14.4 Å². The van der Waals surface area contributed by atoms with Crippen molar-refractivity contribution in [3.8, 4) is 0 Å². The lowest BCUT2D eigenvalue weighted by Gasteiger charge is -2.22. The van der Waals surface area contributed by atoms with E-state index >= 15 is 0 Å². The van der Waals surface area contributed by atoms with Crippen molar-refractivity contribution in [3.63, 3.8) is 0 Å². The lowest BCUT2D eigenvalue weighted by molar-refractivity contribution is -0.130. The molecule has 5 nitrogen and oxygen atoms in total. The van der Waals surface area contributed by atoms with Crippen LogP contribution in [0.3, 0.4) is 0 Å². The summed E-state index contributed by atoms with van der Waals surface area (Å²) in [4.78, 5) is 35.1. The zero-order chi connectivity index (χ0) is 14.4. The van der Waals surface area contributed by atoms with Gasteiger partial charge in [-0.05, 0) is 12.8 Å². The highest BCUT2D eigenvalue weighted by Crippen LogP contribution is 2.07. The highest BCUT2D eigenvalue weighted by molar-refractivity contribution is 5.98. The molecular weight excluding hydrogens is 256 g/mol. The first-order valence-corrected chi connectivity index (χ1v) is 6.82. The second-order valence-electron chi connectivity index (χ2n) is 4.84. The first-order chi connectivity index (χ1) is 9.66. The topological polar surface area (TPSA) is 75.3 Å². The average Bonchev–Trinajstić information content (AvgIpc) is 2.48. The van der Waals surface area contributed by atoms with Crippen LogP contribution in [0.25, 0.3) is 0 Å². The molecule has 1 heterocycles. The van der Waals surface area contributed by atoms with Gasteiger partial charge in [0.1, 0.15) is 6.04 Å². The minimum absolute atomic E-state index is 0.0613. The molecule has 1 unspecified atom stereocenters. The Hall–Kier alpha value is -2.17. The third-order valence-electron chi connectivity index (χ3n) is 3.30. The molecule has 0 spiro atoms. The number of piperidine rings is 1. The molecule has 0 aliphatic carbocycles. The molecule has 20 heavy (non-hydrogen) atoms. The fourth-order valence-corrected chi connectivity index (χ4v) is 2.17. The van der Waals surface area contributed by atoms with E-state index in [9.17, 15) is 14.4 Å². The molecule has 1 aromatic rings. The summed E-state index contributed by atoms with van der Waals surface area (Å²) in [7, 11) is 0. The van der Waals surface area contributed by atoms with Crippen molar-refractivity contribution in [2.45, 2.75) is 31.7 Å². The molecule has 0 saturated carbocycles. The normalized spacial score (nSPS) is 18.2. The van der Waals surface area contributed by atoms with Crippen LogP contribution in [-0.2, 0) is 9.59 Å². The van der Waals surface area contributed by atoms with Gasteiger partial charge in [-0.25, -0.2) is 0 Å². The molecule has 1 aromatic carbocycles. The number of hydrogen-bond acceptors (Lipinski definition) is 3. The molecule has 2 amide bonds. The van der Waals surface area contributed by atoms with Crippen LogP contribution in [-0.4, -0.2) is 30.2 Å². The Balaban J connectivity index is 1.77. The first kappa shape index (κ1) is 14.2. The standard InChI is InChI=1S/C15H18N2O3/c18-13(11-5-2-1-3-6-11)8-9-14(19)17-12-7-4-10-16-15(12)20/h1-3,5-6,12H,4,7-10H2,(H,16,20)(H,17,19). The number of carbonyl (C=O) groups excluding carboxylic acids is 3. The predicted molar refractivity (Wildman–Crippen MR) is 74.2 cm³/mol. The third kappa shape index (κ3) is 3.91. The largest absolute Gasteiger partial charge is 0.354 e. The Bertz CT molecular complexity index is 499. The van der Waals surface area contributed by atoms with E-state index in [0.717, 1.165) is 6.42 Å². The molecule has 0 radical (unpaired) electrons. The second-order valence-corrected chi connectivity index (χ2v) is 4.84. The number of rotatable bonds is 5. The Morgan fingerprint density at radius 1 is 1.20 bits per heavy atom. The summed E-state index contributed by atoms with van der Waals surface area (Å²) in [6.45, 7) is 0.664. The van der Waals surface area contributed by atoms with E-state index in [0.29, 0.717) is 18.5 Å². The SMILES string of the molecule is O=C(CCC(=O)c1ccccc1)NC1CCCNC1=O. The van der Waals surface area contributed by atoms with Gasteiger partial charge in [-0.1, -0.05) is 30.3 Å². The molecule has 5 heteroatoms. The van der Waals surface area contributed by atoms with Crippen LogP contribution in [0.4, 0.5) is 0 Å². The van der Waals surface area contributed by atoms with E-state index in [1.807, 2.05) is 6.07 Å². The quantitative estimate of drug-likeness (QED) is 0.788. The number of Topliss-reactive ketones (excluding diaryl/α,β-unsaturated/α-hetero) is 1. The van der Waals surface area contributed by atoms with Crippen LogP contribution < -0.4 is 10.6 Å². The Kier molecular flexibility index (Phi) is 4.87. The molecule has 1 aliphatic rings. The Morgan fingerprint density at radius 2 is 1.95 bits per heavy atom. The summed E-state index contributed by atoms with van der Waals surface area (Å²) >= 11 is 0. The molecule has 0 aromatic heterocycles. The number of hydrogen-bond donors (Lipinski definition) is 2. The minimum Gasteiger partial charge on any atom is -0.354 e. The van der Waals surface area contributed by atoms with Crippen LogP contribution >= 0.6 is 0 Å². The lowest BCUT2D eigenvalue weighted by atomic mass is 10.0. The summed E-state index contributed by atoms with van der Waals surface area (Å²) in [6, 6.07) is 8.43. The average molecular weight is 274 g/mol. The Labute approximate surface area is 117 Å². The molecule has 2 N–H and O–H groups in total. The molecule has 0 bridgehead atoms. The number of amides is 2. The summed E-state index contributed by atoms with van der Waals surface area (Å²) < 4.78 is 0. The van der Waals surface area contributed by atoms with Crippen molar-refractivity contribution in [2.24, 2.45) is 0 Å². The molecule has 106 valence electrons. The van der Waals surface area contributed by atoms with E-state index in [1.165, 1.54) is 0 Å². The van der Waals surface area contributed by atoms with E-state index in [2.05, 4.69) is 10.6 Å². The lowest BCUT2D eigenvalue weighted by Crippen LogP contribution is -2.50. The van der Waals surface area contributed by atoms with Crippen LogP contribution in [0.15, 0.2) is 30.3 Å². The van der Waals surface area contributed by atoms with Crippen LogP contribution in [0, 0.1) is 0 Å². The molecular formula is C15H18N2O3. The predicted octanol–water partition coefficient (Wildman–Crippen LogP) is 1.04. The number of carbonyl (C=O) groups is 3. The van der Waals surface area contributed by atoms with E-state index < -0.39 is 6.04 Å². The van der Waals surface area contributed by atoms with Gasteiger partial charge in [-0.2, -0.15) is 0 Å². The highest BCUT2D eigenvalue weighted by Gasteiger charge is 2.23. The summed E-state index contributed by atoms with van der Waals surface area (Å²) in [5.74, 6) is -0.454. The molecule has 2 rings (SSSR count). The third-order valence-corrected chi connectivity index (χ3v) is 3.30. The zero-order valence-electron chi connectivity index (χ0n) is 11.2. The first-order valence-electron chi connectivity index (χ1n) is 6.82. The maximum Gasteiger partial charge on any atom is 0.242 e. The van der Waals surface area contributed by atoms with Gasteiger partial charge < -0.3 is 10.6 Å². The number of benzene rings is 1. The van der Waals surface area contributed by atoms with Gasteiger partial charge in [0, 0.05) is 24.9 Å². The smallest absolute Gasteiger partial charge is 0.242 e. The zero-order valence-corrected chi connectivity index (χ0v) is 11.2. The highest BCUT2D eigenvalue weighted by atomic mass is 16.2. The fraction of sp³-hybridized carbons (Fsp3) is 0.400. The van der Waals surface area contributed by atoms with Crippen LogP contribution in [0.1, 0.15) is 36.0 Å². The fourth-order valence-electron chi connectivity index (χ4n) is 2.17. The minimum atomic E-state index is -0.455. The van der Waals surface area contributed by atoms with Gasteiger partial charge in [0.2, 0.25) is 11.8 Å². The molecule has 1 saturated heterocycles. The number of ketones is 1. The van der Waals surface area contributed by atoms with E-state index in [1.54, 1.807) is 24.3 Å². The van der Waals surface area contributed by atoms with E-state index in [4.69, 9.17) is 0 Å². The van der Waals surface area contributed by atoms with Crippen LogP contribution in [0.5, 0.6) is 0 Å². The number of nitrogens with one attached hydrogen (secondary N) is 2. The van der Waals surface area contributed by atoms with Crippen molar-refractivity contribution in [2.75, 3.05) is 6.54 Å². The van der Waals surface area contributed by atoms with Crippen molar-refractivity contribution >= 4 is 17.6 Å². The van der Waals surface area contributed by atoms with Gasteiger partial charge in [0.15, 0.2) is 5.78 Å². The second kappa shape index (κ2) is 6.84. The molecule has 1 atom stereocenters. The summed E-state index contributed by atoms with van der Waals surface area (Å²) in [5, 5.41) is 5.38. The van der Waals surface area contributed by atoms with Crippen molar-refractivity contribution in [1.82, 2.24) is 10.6 Å². The maximum absolute atomic E-state index is 11.8. The van der Waals surface area contributed by atoms with Gasteiger partial charge in [-0.3, -0.25) is 14.4 Å². The van der Waals surface area contributed by atoms with Gasteiger partial charge in [-0.15, -0.1) is 0 Å². The Morgan fingerprint density at radius 3 is 2.65 bits per heavy atom. The molecule has 1 fully saturated rings. The van der Waals surface area contributed by atoms with Crippen molar-refractivity contribution in [1.29, 1.82) is 0 Å². The summed E-state index contributed by atoms with van der Waals surface area (Å²) in [6.07, 6.45) is 1.78. The van der Waals surface area contributed by atoms with Crippen molar-refractivity contribution in [3.05, 3.63) is 35.9 Å². The maximum atomic E-state index is 11.8. The van der Waals surface area contributed by atoms with Gasteiger partial charge in [0.25, 0.3) is 0 Å².